The van der Waals surface area contributed by atoms with Gasteiger partial charge in [0.1, 0.15) is 12.2 Å². The number of aryl methyl sites for hydroxylation is 1. The molecule has 2 aromatic rings. The lowest BCUT2D eigenvalue weighted by Crippen LogP contribution is -2.39. The highest BCUT2D eigenvalue weighted by Crippen LogP contribution is 2.15. The minimum Gasteiger partial charge on any atom is -0.389 e. The van der Waals surface area contributed by atoms with Crippen molar-refractivity contribution in [3.05, 3.63) is 48.0 Å². The van der Waals surface area contributed by atoms with E-state index in [0.29, 0.717) is 12.5 Å². The van der Waals surface area contributed by atoms with Crippen LogP contribution in [0.25, 0.3) is 0 Å². The molecule has 0 aliphatic carbocycles. The third-order valence-corrected chi connectivity index (χ3v) is 4.27. The van der Waals surface area contributed by atoms with Crippen LogP contribution < -0.4 is 10.6 Å². The van der Waals surface area contributed by atoms with Crippen LogP contribution in [0.1, 0.15) is 38.3 Å². The number of nitrogens with zero attached hydrogens (tertiary/aromatic N) is 4. The van der Waals surface area contributed by atoms with Gasteiger partial charge in [0.15, 0.2) is 5.96 Å². The molecule has 8 heteroatoms. The van der Waals surface area contributed by atoms with Crippen LogP contribution in [0.3, 0.4) is 0 Å². The van der Waals surface area contributed by atoms with Crippen molar-refractivity contribution in [2.45, 2.75) is 45.9 Å². The Bertz CT molecular complexity index is 704. The molecule has 0 radical (unpaired) electrons. The second-order valence-electron chi connectivity index (χ2n) is 6.48. The topological polar surface area (TPSA) is 96.6 Å². The largest absolute Gasteiger partial charge is 0.389 e. The standard InChI is InChI=1S/C20H32N6O2/c1-4-19-25-24-15-26(19)12-11-22-20(21-5-2)23-13-18(27)14-28-16(3)17-9-7-6-8-10-17/h6-10,15-16,18,27H,4-5,11-14H2,1-3H3,(H2,21,22,23). The van der Waals surface area contributed by atoms with Gasteiger partial charge in [-0.2, -0.15) is 0 Å². The molecule has 3 N–H and O–H groups in total. The molecule has 1 aromatic heterocycles. The number of aliphatic hydroxyl groups is 1. The summed E-state index contributed by atoms with van der Waals surface area (Å²) < 4.78 is 7.78. The fourth-order valence-electron chi connectivity index (χ4n) is 2.70. The molecule has 8 nitrogen and oxygen atoms in total. The lowest BCUT2D eigenvalue weighted by atomic mass is 10.1. The Balaban J connectivity index is 1.75. The Hall–Kier alpha value is -2.45. The lowest BCUT2D eigenvalue weighted by molar-refractivity contribution is 0.00111. The van der Waals surface area contributed by atoms with Gasteiger partial charge < -0.3 is 25.0 Å². The van der Waals surface area contributed by atoms with Crippen molar-refractivity contribution in [2.24, 2.45) is 4.99 Å². The molecule has 2 atom stereocenters. The van der Waals surface area contributed by atoms with Crippen molar-refractivity contribution in [2.75, 3.05) is 26.2 Å². The van der Waals surface area contributed by atoms with Gasteiger partial charge in [0.2, 0.25) is 0 Å². The van der Waals surface area contributed by atoms with Crippen molar-refractivity contribution < 1.29 is 9.84 Å². The SMILES string of the molecule is CCNC(=NCC(O)COC(C)c1ccccc1)NCCn1cnnc1CC. The molecule has 0 saturated heterocycles. The summed E-state index contributed by atoms with van der Waals surface area (Å²) in [6, 6.07) is 9.97. The number of aliphatic imine (C=N–C) groups is 1. The smallest absolute Gasteiger partial charge is 0.191 e. The molecule has 2 unspecified atom stereocenters. The molecule has 1 aromatic carbocycles. The van der Waals surface area contributed by atoms with Gasteiger partial charge in [0.05, 0.1) is 25.4 Å². The van der Waals surface area contributed by atoms with Crippen LogP contribution in [-0.2, 0) is 17.7 Å². The fourth-order valence-corrected chi connectivity index (χ4v) is 2.70. The zero-order chi connectivity index (χ0) is 20.2. The van der Waals surface area contributed by atoms with E-state index in [-0.39, 0.29) is 19.3 Å². The van der Waals surface area contributed by atoms with E-state index in [0.717, 1.165) is 30.9 Å². The average Bonchev–Trinajstić information content (AvgIpc) is 3.18. The summed E-state index contributed by atoms with van der Waals surface area (Å²) in [7, 11) is 0. The van der Waals surface area contributed by atoms with E-state index in [1.165, 1.54) is 0 Å². The minimum absolute atomic E-state index is 0.0669. The highest BCUT2D eigenvalue weighted by atomic mass is 16.5. The number of rotatable bonds is 11. The van der Waals surface area contributed by atoms with E-state index >= 15 is 0 Å². The molecule has 2 rings (SSSR count). The first-order valence-electron chi connectivity index (χ1n) is 9.87. The molecule has 0 spiro atoms. The number of benzene rings is 1. The molecule has 28 heavy (non-hydrogen) atoms. The van der Waals surface area contributed by atoms with Crippen molar-refractivity contribution in [1.82, 2.24) is 25.4 Å². The van der Waals surface area contributed by atoms with Gasteiger partial charge in [-0.1, -0.05) is 37.3 Å². The molecular formula is C20H32N6O2. The average molecular weight is 389 g/mol. The number of guanidine groups is 1. The molecule has 154 valence electrons. The number of ether oxygens (including phenoxy) is 1. The Morgan fingerprint density at radius 3 is 2.75 bits per heavy atom. The number of nitrogens with one attached hydrogen (secondary N) is 2. The Morgan fingerprint density at radius 1 is 1.25 bits per heavy atom. The number of hydrogen-bond acceptors (Lipinski definition) is 5. The van der Waals surface area contributed by atoms with Crippen LogP contribution in [-0.4, -0.2) is 58.2 Å². The zero-order valence-corrected chi connectivity index (χ0v) is 17.0. The second-order valence-corrected chi connectivity index (χ2v) is 6.48. The fraction of sp³-hybridized carbons (Fsp3) is 0.550. The molecule has 0 fully saturated rings. The second kappa shape index (κ2) is 12.1. The summed E-state index contributed by atoms with van der Waals surface area (Å²) in [4.78, 5) is 4.45. The van der Waals surface area contributed by atoms with Crippen LogP contribution in [0.2, 0.25) is 0 Å². The van der Waals surface area contributed by atoms with E-state index in [1.807, 2.05) is 48.7 Å². The number of aliphatic hydroxyl groups excluding tert-OH is 1. The van der Waals surface area contributed by atoms with Crippen LogP contribution in [0.5, 0.6) is 0 Å². The van der Waals surface area contributed by atoms with Crippen LogP contribution in [0, 0.1) is 0 Å². The first-order valence-corrected chi connectivity index (χ1v) is 9.87. The summed E-state index contributed by atoms with van der Waals surface area (Å²) in [6.45, 7) is 8.73. The maximum absolute atomic E-state index is 10.2. The predicted octanol–water partition coefficient (Wildman–Crippen LogP) is 1.53. The summed E-state index contributed by atoms with van der Waals surface area (Å²) in [5.74, 6) is 1.63. The monoisotopic (exact) mass is 388 g/mol. The Kier molecular flexibility index (Phi) is 9.44. The molecule has 0 aliphatic heterocycles. The Morgan fingerprint density at radius 2 is 2.04 bits per heavy atom. The molecule has 0 bridgehead atoms. The first-order chi connectivity index (χ1) is 13.6. The van der Waals surface area contributed by atoms with E-state index in [1.54, 1.807) is 6.33 Å². The minimum atomic E-state index is -0.661. The lowest BCUT2D eigenvalue weighted by Gasteiger charge is -2.17. The van der Waals surface area contributed by atoms with Gasteiger partial charge in [0.25, 0.3) is 0 Å². The van der Waals surface area contributed by atoms with Gasteiger partial charge in [-0.3, -0.25) is 4.99 Å². The highest BCUT2D eigenvalue weighted by Gasteiger charge is 2.10. The van der Waals surface area contributed by atoms with Crippen molar-refractivity contribution in [3.8, 4) is 0 Å². The van der Waals surface area contributed by atoms with Crippen LogP contribution in [0.15, 0.2) is 41.7 Å². The van der Waals surface area contributed by atoms with Crippen LogP contribution >= 0.6 is 0 Å². The predicted molar refractivity (Wildman–Crippen MR) is 110 cm³/mol. The van der Waals surface area contributed by atoms with Crippen LogP contribution in [0.4, 0.5) is 0 Å². The van der Waals surface area contributed by atoms with E-state index < -0.39 is 6.10 Å². The van der Waals surface area contributed by atoms with Gasteiger partial charge >= 0.3 is 0 Å². The van der Waals surface area contributed by atoms with E-state index in [2.05, 4.69) is 32.7 Å². The van der Waals surface area contributed by atoms with E-state index in [4.69, 9.17) is 4.74 Å². The van der Waals surface area contributed by atoms with Gasteiger partial charge in [-0.15, -0.1) is 10.2 Å². The normalized spacial score (nSPS) is 13.9. The van der Waals surface area contributed by atoms with Crippen molar-refractivity contribution >= 4 is 5.96 Å². The summed E-state index contributed by atoms with van der Waals surface area (Å²) >= 11 is 0. The van der Waals surface area contributed by atoms with Gasteiger partial charge in [-0.25, -0.2) is 0 Å². The van der Waals surface area contributed by atoms with Crippen molar-refractivity contribution in [1.29, 1.82) is 0 Å². The molecule has 0 amide bonds. The quantitative estimate of drug-likeness (QED) is 0.399. The molecular weight excluding hydrogens is 356 g/mol. The maximum Gasteiger partial charge on any atom is 0.191 e. The highest BCUT2D eigenvalue weighted by molar-refractivity contribution is 5.79. The first kappa shape index (κ1) is 21.8. The number of aromatic nitrogens is 3. The van der Waals surface area contributed by atoms with E-state index in [9.17, 15) is 5.11 Å². The summed E-state index contributed by atoms with van der Waals surface area (Å²) in [5.41, 5.74) is 1.09. The van der Waals surface area contributed by atoms with Gasteiger partial charge in [-0.05, 0) is 19.4 Å². The molecule has 0 aliphatic rings. The number of hydrogen-bond donors (Lipinski definition) is 3. The molecule has 1 heterocycles. The zero-order valence-electron chi connectivity index (χ0n) is 17.0. The Labute approximate surface area is 167 Å². The summed E-state index contributed by atoms with van der Waals surface area (Å²) in [6.07, 6.45) is 1.86. The van der Waals surface area contributed by atoms with Crippen molar-refractivity contribution in [3.63, 3.8) is 0 Å². The third kappa shape index (κ3) is 7.28. The molecule has 0 saturated carbocycles. The maximum atomic E-state index is 10.2. The summed E-state index contributed by atoms with van der Waals surface area (Å²) in [5, 5.41) is 24.7. The third-order valence-electron chi connectivity index (χ3n) is 4.27. The van der Waals surface area contributed by atoms with Gasteiger partial charge in [0, 0.05) is 26.1 Å².